The zero-order chi connectivity index (χ0) is 26.4. The molecule has 0 aliphatic heterocycles. The fourth-order valence-electron chi connectivity index (χ4n) is 3.32. The van der Waals surface area contributed by atoms with Crippen LogP contribution in [0.2, 0.25) is 0 Å². The molecule has 0 saturated heterocycles. The zero-order valence-corrected chi connectivity index (χ0v) is 29.1. The van der Waals surface area contributed by atoms with Crippen LogP contribution in [0.5, 0.6) is 0 Å². The highest BCUT2D eigenvalue weighted by Gasteiger charge is 2.26. The zero-order valence-electron chi connectivity index (χ0n) is 24.2. The first-order valence-corrected chi connectivity index (χ1v) is 20.6. The maximum Gasteiger partial charge on any atom is 0.0368 e. The molecule has 6 heteroatoms. The van der Waals surface area contributed by atoms with Crippen LogP contribution in [0.25, 0.3) is 0 Å². The quantitative estimate of drug-likeness (QED) is 0.0841. The van der Waals surface area contributed by atoms with Gasteiger partial charge < -0.3 is 0 Å². The molecule has 210 valence electrons. The Balaban J connectivity index is 3.74. The SMILES string of the molecule is CCCCSc1c(SCCCC)c(SCCCC)c(SCCCC)c(SCCCC)c1SCCCC. The molecule has 0 spiro atoms. The van der Waals surface area contributed by atoms with Crippen molar-refractivity contribution < 1.29 is 0 Å². The normalized spacial score (nSPS) is 11.5. The molecule has 36 heavy (non-hydrogen) atoms. The molecule has 1 rings (SSSR count). The summed E-state index contributed by atoms with van der Waals surface area (Å²) in [6, 6.07) is 0. The number of rotatable bonds is 24. The first-order chi connectivity index (χ1) is 17.7. The number of thioether (sulfide) groups is 6. The van der Waals surface area contributed by atoms with Crippen molar-refractivity contribution in [3.63, 3.8) is 0 Å². The number of hydrogen-bond acceptors (Lipinski definition) is 6. The van der Waals surface area contributed by atoms with E-state index in [9.17, 15) is 0 Å². The van der Waals surface area contributed by atoms with Crippen molar-refractivity contribution in [2.24, 2.45) is 0 Å². The Morgan fingerprint density at radius 3 is 0.528 bits per heavy atom. The minimum atomic E-state index is 1.25. The molecular formula is C30H54S6. The van der Waals surface area contributed by atoms with E-state index in [4.69, 9.17) is 0 Å². The number of unbranched alkanes of at least 4 members (excludes halogenated alkanes) is 6. The third-order valence-corrected chi connectivity index (χ3v) is 13.6. The fourth-order valence-corrected chi connectivity index (χ4v) is 12.4. The van der Waals surface area contributed by atoms with Gasteiger partial charge in [-0.1, -0.05) is 80.1 Å². The van der Waals surface area contributed by atoms with E-state index in [0.29, 0.717) is 0 Å². The Bertz CT molecular complexity index is 509. The second-order valence-corrected chi connectivity index (χ2v) is 15.8. The Morgan fingerprint density at radius 2 is 0.417 bits per heavy atom. The van der Waals surface area contributed by atoms with E-state index in [2.05, 4.69) is 112 Å². The molecule has 0 amide bonds. The Kier molecular flexibility index (Phi) is 23.7. The average Bonchev–Trinajstić information content (AvgIpc) is 2.88. The topological polar surface area (TPSA) is 0 Å². The van der Waals surface area contributed by atoms with Crippen molar-refractivity contribution >= 4 is 70.6 Å². The van der Waals surface area contributed by atoms with Gasteiger partial charge in [-0.2, -0.15) is 0 Å². The molecule has 0 aliphatic carbocycles. The molecule has 0 aromatic heterocycles. The highest BCUT2D eigenvalue weighted by Crippen LogP contribution is 2.54. The largest absolute Gasteiger partial charge is 0.124 e. The lowest BCUT2D eigenvalue weighted by atomic mass is 10.3. The maximum absolute atomic E-state index is 2.33. The van der Waals surface area contributed by atoms with E-state index in [1.54, 1.807) is 29.4 Å². The van der Waals surface area contributed by atoms with E-state index < -0.39 is 0 Å². The summed E-state index contributed by atoms with van der Waals surface area (Å²) in [4.78, 5) is 9.85. The van der Waals surface area contributed by atoms with E-state index in [-0.39, 0.29) is 0 Å². The lowest BCUT2D eigenvalue weighted by molar-refractivity contribution is 0.838. The second kappa shape index (κ2) is 24.1. The van der Waals surface area contributed by atoms with Crippen LogP contribution in [0, 0.1) is 0 Å². The molecule has 0 nitrogen and oxygen atoms in total. The predicted octanol–water partition coefficient (Wildman–Crippen LogP) is 13.0. The molecule has 0 saturated carbocycles. The summed E-state index contributed by atoms with van der Waals surface area (Å²) < 4.78 is 0. The van der Waals surface area contributed by atoms with Gasteiger partial charge in [-0.15, -0.1) is 70.6 Å². The van der Waals surface area contributed by atoms with Crippen molar-refractivity contribution in [1.29, 1.82) is 0 Å². The van der Waals surface area contributed by atoms with Gasteiger partial charge in [0, 0.05) is 29.4 Å². The lowest BCUT2D eigenvalue weighted by Gasteiger charge is -2.25. The minimum absolute atomic E-state index is 1.25. The standard InChI is InChI=1S/C30H54S6/c1-7-13-19-31-25-26(32-20-14-8-2)28(34-22-16-10-4)30(36-24-18-12-6)29(35-23-17-11-5)27(25)33-21-15-9-3/h7-24H2,1-6H3. The lowest BCUT2D eigenvalue weighted by Crippen LogP contribution is -2.00. The van der Waals surface area contributed by atoms with E-state index in [0.717, 1.165) is 0 Å². The van der Waals surface area contributed by atoms with Gasteiger partial charge in [0.05, 0.1) is 0 Å². The molecule has 0 bridgehead atoms. The van der Waals surface area contributed by atoms with Gasteiger partial charge in [-0.25, -0.2) is 0 Å². The van der Waals surface area contributed by atoms with Crippen molar-refractivity contribution in [1.82, 2.24) is 0 Å². The summed E-state index contributed by atoms with van der Waals surface area (Å²) in [5.74, 6) is 7.50. The highest BCUT2D eigenvalue weighted by molar-refractivity contribution is 8.06. The van der Waals surface area contributed by atoms with Crippen molar-refractivity contribution in [3.8, 4) is 0 Å². The fraction of sp³-hybridized carbons (Fsp3) is 0.800. The van der Waals surface area contributed by atoms with E-state index in [1.807, 2.05) is 0 Å². The molecule has 0 fully saturated rings. The van der Waals surface area contributed by atoms with Gasteiger partial charge in [0.25, 0.3) is 0 Å². The summed E-state index contributed by atoms with van der Waals surface area (Å²) in [7, 11) is 0. The van der Waals surface area contributed by atoms with Crippen LogP contribution >= 0.6 is 70.6 Å². The predicted molar refractivity (Wildman–Crippen MR) is 180 cm³/mol. The van der Waals surface area contributed by atoms with Crippen molar-refractivity contribution in [2.75, 3.05) is 34.5 Å². The van der Waals surface area contributed by atoms with Crippen LogP contribution in [0.3, 0.4) is 0 Å². The third-order valence-electron chi connectivity index (χ3n) is 5.70. The van der Waals surface area contributed by atoms with Crippen LogP contribution in [-0.2, 0) is 0 Å². The van der Waals surface area contributed by atoms with Gasteiger partial charge in [-0.05, 0) is 73.0 Å². The van der Waals surface area contributed by atoms with Gasteiger partial charge in [0.15, 0.2) is 0 Å². The van der Waals surface area contributed by atoms with Crippen LogP contribution in [0.4, 0.5) is 0 Å². The summed E-state index contributed by atoms with van der Waals surface area (Å²) in [6.45, 7) is 14.0. The van der Waals surface area contributed by atoms with E-state index >= 15 is 0 Å². The van der Waals surface area contributed by atoms with Gasteiger partial charge >= 0.3 is 0 Å². The monoisotopic (exact) mass is 606 g/mol. The van der Waals surface area contributed by atoms with Crippen molar-refractivity contribution in [3.05, 3.63) is 0 Å². The highest BCUT2D eigenvalue weighted by atomic mass is 32.2. The van der Waals surface area contributed by atoms with E-state index in [1.165, 1.54) is 112 Å². The van der Waals surface area contributed by atoms with Crippen molar-refractivity contribution in [2.45, 2.75) is 148 Å². The minimum Gasteiger partial charge on any atom is -0.124 e. The number of hydrogen-bond donors (Lipinski definition) is 0. The van der Waals surface area contributed by atoms with Gasteiger partial charge in [0.1, 0.15) is 0 Å². The summed E-state index contributed by atoms with van der Waals surface area (Å²) in [5, 5.41) is 0. The van der Waals surface area contributed by atoms with Crippen LogP contribution in [0.15, 0.2) is 29.4 Å². The molecule has 0 unspecified atom stereocenters. The van der Waals surface area contributed by atoms with Crippen LogP contribution in [-0.4, -0.2) is 34.5 Å². The first-order valence-electron chi connectivity index (χ1n) is 14.7. The smallest absolute Gasteiger partial charge is 0.0368 e. The Hall–Kier alpha value is 1.32. The van der Waals surface area contributed by atoms with Gasteiger partial charge in [-0.3, -0.25) is 0 Å². The molecule has 0 heterocycles. The Morgan fingerprint density at radius 1 is 0.278 bits per heavy atom. The average molecular weight is 607 g/mol. The Labute approximate surface area is 251 Å². The summed E-state index contributed by atoms with van der Waals surface area (Å²) in [5.41, 5.74) is 0. The molecule has 0 radical (unpaired) electrons. The van der Waals surface area contributed by atoms with Gasteiger partial charge in [0.2, 0.25) is 0 Å². The van der Waals surface area contributed by atoms with Crippen LogP contribution in [0.1, 0.15) is 119 Å². The maximum atomic E-state index is 2.33. The molecule has 0 N–H and O–H groups in total. The third kappa shape index (κ3) is 13.6. The summed E-state index contributed by atoms with van der Waals surface area (Å²) in [6.07, 6.45) is 15.6. The molecule has 1 aromatic rings. The molecular weight excluding hydrogens is 553 g/mol. The van der Waals surface area contributed by atoms with Crippen LogP contribution < -0.4 is 0 Å². The second-order valence-electron chi connectivity index (χ2n) is 9.19. The molecule has 1 aromatic carbocycles. The molecule has 0 atom stereocenters. The first kappa shape index (κ1) is 35.3. The number of benzene rings is 1. The molecule has 0 aliphatic rings. The summed E-state index contributed by atoms with van der Waals surface area (Å²) >= 11 is 13.1.